The Morgan fingerprint density at radius 1 is 0.750 bits per heavy atom. The summed E-state index contributed by atoms with van der Waals surface area (Å²) in [6, 6.07) is 0. The molecule has 0 heterocycles. The summed E-state index contributed by atoms with van der Waals surface area (Å²) in [5.41, 5.74) is 0. The summed E-state index contributed by atoms with van der Waals surface area (Å²) in [7, 11) is 0. The first-order chi connectivity index (χ1) is 5.86. The van der Waals surface area contributed by atoms with E-state index >= 15 is 0 Å². The molecular weight excluding hydrogens is 144 g/mol. The molecule has 2 fully saturated rings. The zero-order chi connectivity index (χ0) is 8.39. The van der Waals surface area contributed by atoms with Crippen LogP contribution in [0, 0.1) is 17.8 Å². The van der Waals surface area contributed by atoms with Crippen molar-refractivity contribution in [2.75, 3.05) is 0 Å². The Morgan fingerprint density at radius 3 is 2.42 bits per heavy atom. The van der Waals surface area contributed by atoms with Crippen LogP contribution in [0.25, 0.3) is 0 Å². The zero-order valence-corrected chi connectivity index (χ0v) is 8.39. The fourth-order valence-corrected chi connectivity index (χ4v) is 2.74. The lowest BCUT2D eigenvalue weighted by Gasteiger charge is -2.12. The van der Waals surface area contributed by atoms with Gasteiger partial charge in [0.25, 0.3) is 0 Å². The normalized spacial score (nSPS) is 43.2. The molecular formula is C12H22. The van der Waals surface area contributed by atoms with E-state index in [0.29, 0.717) is 0 Å². The van der Waals surface area contributed by atoms with Crippen LogP contribution >= 0.6 is 0 Å². The van der Waals surface area contributed by atoms with Crippen LogP contribution in [0.15, 0.2) is 0 Å². The summed E-state index contributed by atoms with van der Waals surface area (Å²) in [4.78, 5) is 0. The summed E-state index contributed by atoms with van der Waals surface area (Å²) in [6.07, 6.45) is 12.2. The SMILES string of the molecule is CC1CCCCCC2CC2CC1. The molecule has 0 heteroatoms. The number of hydrogen-bond acceptors (Lipinski definition) is 0. The average Bonchev–Trinajstić information content (AvgIpc) is 2.80. The minimum absolute atomic E-state index is 1.02. The van der Waals surface area contributed by atoms with Gasteiger partial charge in [-0.25, -0.2) is 0 Å². The molecule has 3 unspecified atom stereocenters. The van der Waals surface area contributed by atoms with Crippen LogP contribution in [0.3, 0.4) is 0 Å². The molecule has 0 bridgehead atoms. The van der Waals surface area contributed by atoms with Crippen LogP contribution in [0.1, 0.15) is 58.3 Å². The third kappa shape index (κ3) is 2.24. The zero-order valence-electron chi connectivity index (χ0n) is 8.39. The lowest BCUT2D eigenvalue weighted by Crippen LogP contribution is -1.98. The van der Waals surface area contributed by atoms with Crippen molar-refractivity contribution < 1.29 is 0 Å². The fraction of sp³-hybridized carbons (Fsp3) is 1.00. The molecule has 0 N–H and O–H groups in total. The van der Waals surface area contributed by atoms with Gasteiger partial charge in [0.15, 0.2) is 0 Å². The van der Waals surface area contributed by atoms with Crippen molar-refractivity contribution >= 4 is 0 Å². The van der Waals surface area contributed by atoms with Gasteiger partial charge >= 0.3 is 0 Å². The van der Waals surface area contributed by atoms with Crippen LogP contribution in [0.5, 0.6) is 0 Å². The van der Waals surface area contributed by atoms with Crippen molar-refractivity contribution in [3.05, 3.63) is 0 Å². The highest BCUT2D eigenvalue weighted by atomic mass is 14.4. The Labute approximate surface area is 76.7 Å². The van der Waals surface area contributed by atoms with Gasteiger partial charge in [-0.15, -0.1) is 0 Å². The highest BCUT2D eigenvalue weighted by Crippen LogP contribution is 2.46. The third-order valence-corrected chi connectivity index (χ3v) is 3.87. The molecule has 2 aliphatic carbocycles. The second-order valence-corrected chi connectivity index (χ2v) is 5.08. The van der Waals surface area contributed by atoms with Crippen molar-refractivity contribution in [2.24, 2.45) is 17.8 Å². The van der Waals surface area contributed by atoms with E-state index in [0.717, 1.165) is 17.8 Å². The van der Waals surface area contributed by atoms with E-state index in [1.807, 2.05) is 0 Å². The van der Waals surface area contributed by atoms with Gasteiger partial charge < -0.3 is 0 Å². The topological polar surface area (TPSA) is 0 Å². The summed E-state index contributed by atoms with van der Waals surface area (Å²) >= 11 is 0. The first-order valence-electron chi connectivity index (χ1n) is 5.86. The standard InChI is InChI=1S/C12H22/c1-10-5-3-2-4-6-11-9-12(11)8-7-10/h10-12H,2-9H2,1H3. The molecule has 2 saturated carbocycles. The van der Waals surface area contributed by atoms with Crippen molar-refractivity contribution in [3.8, 4) is 0 Å². The molecule has 0 aliphatic heterocycles. The quantitative estimate of drug-likeness (QED) is 0.510. The highest BCUT2D eigenvalue weighted by Gasteiger charge is 2.35. The van der Waals surface area contributed by atoms with Gasteiger partial charge in [0.05, 0.1) is 0 Å². The lowest BCUT2D eigenvalue weighted by atomic mass is 9.94. The first kappa shape index (κ1) is 8.59. The molecule has 0 amide bonds. The Kier molecular flexibility index (Phi) is 2.73. The predicted molar refractivity (Wildman–Crippen MR) is 53.1 cm³/mol. The molecule has 70 valence electrons. The van der Waals surface area contributed by atoms with Crippen molar-refractivity contribution in [1.82, 2.24) is 0 Å². The smallest absolute Gasteiger partial charge is 0.0383 e. The van der Waals surface area contributed by atoms with E-state index in [9.17, 15) is 0 Å². The van der Waals surface area contributed by atoms with Gasteiger partial charge in [0.1, 0.15) is 0 Å². The van der Waals surface area contributed by atoms with E-state index in [2.05, 4.69) is 6.92 Å². The Morgan fingerprint density at radius 2 is 1.50 bits per heavy atom. The van der Waals surface area contributed by atoms with E-state index in [-0.39, 0.29) is 0 Å². The van der Waals surface area contributed by atoms with Gasteiger partial charge in [-0.05, 0) is 30.6 Å². The summed E-state index contributed by atoms with van der Waals surface area (Å²) in [5, 5.41) is 0. The van der Waals surface area contributed by atoms with Crippen LogP contribution in [0.4, 0.5) is 0 Å². The second-order valence-electron chi connectivity index (χ2n) is 5.08. The van der Waals surface area contributed by atoms with E-state index in [1.165, 1.54) is 32.1 Å². The molecule has 0 nitrogen and oxygen atoms in total. The molecule has 0 radical (unpaired) electrons. The summed E-state index contributed by atoms with van der Waals surface area (Å²) in [6.45, 7) is 2.44. The van der Waals surface area contributed by atoms with Crippen molar-refractivity contribution in [3.63, 3.8) is 0 Å². The van der Waals surface area contributed by atoms with Crippen LogP contribution in [-0.4, -0.2) is 0 Å². The molecule has 0 aromatic heterocycles. The number of fused-ring (bicyclic) bond motifs is 1. The van der Waals surface area contributed by atoms with Crippen molar-refractivity contribution in [2.45, 2.75) is 58.3 Å². The molecule has 0 saturated heterocycles. The van der Waals surface area contributed by atoms with Gasteiger partial charge in [-0.1, -0.05) is 45.4 Å². The first-order valence-corrected chi connectivity index (χ1v) is 5.86. The molecule has 2 rings (SSSR count). The molecule has 12 heavy (non-hydrogen) atoms. The Hall–Kier alpha value is 0. The number of hydrogen-bond donors (Lipinski definition) is 0. The maximum Gasteiger partial charge on any atom is -0.0383 e. The van der Waals surface area contributed by atoms with Crippen molar-refractivity contribution in [1.29, 1.82) is 0 Å². The maximum absolute atomic E-state index is 2.44. The minimum Gasteiger partial charge on any atom is -0.0625 e. The largest absolute Gasteiger partial charge is 0.0625 e. The maximum atomic E-state index is 2.44. The third-order valence-electron chi connectivity index (χ3n) is 3.87. The van der Waals surface area contributed by atoms with Crippen LogP contribution in [0.2, 0.25) is 0 Å². The molecule has 0 spiro atoms. The summed E-state index contributed by atoms with van der Waals surface area (Å²) in [5.74, 6) is 3.34. The Bertz CT molecular complexity index is 137. The van der Waals surface area contributed by atoms with E-state index in [1.54, 1.807) is 19.3 Å². The lowest BCUT2D eigenvalue weighted by molar-refractivity contribution is 0.405. The molecule has 0 aromatic carbocycles. The highest BCUT2D eigenvalue weighted by molar-refractivity contribution is 4.86. The molecule has 0 aromatic rings. The number of rotatable bonds is 0. The van der Waals surface area contributed by atoms with Gasteiger partial charge in [-0.3, -0.25) is 0 Å². The summed E-state index contributed by atoms with van der Waals surface area (Å²) < 4.78 is 0. The molecule has 3 atom stereocenters. The minimum atomic E-state index is 1.02. The average molecular weight is 166 g/mol. The van der Waals surface area contributed by atoms with Gasteiger partial charge in [-0.2, -0.15) is 0 Å². The van der Waals surface area contributed by atoms with Gasteiger partial charge in [0.2, 0.25) is 0 Å². The van der Waals surface area contributed by atoms with Crippen LogP contribution in [-0.2, 0) is 0 Å². The Balaban J connectivity index is 1.77. The monoisotopic (exact) mass is 166 g/mol. The van der Waals surface area contributed by atoms with E-state index in [4.69, 9.17) is 0 Å². The predicted octanol–water partition coefficient (Wildman–Crippen LogP) is 4.00. The van der Waals surface area contributed by atoms with Gasteiger partial charge in [0, 0.05) is 0 Å². The van der Waals surface area contributed by atoms with E-state index < -0.39 is 0 Å². The molecule has 2 aliphatic rings. The fourth-order valence-electron chi connectivity index (χ4n) is 2.74. The second kappa shape index (κ2) is 3.81. The van der Waals surface area contributed by atoms with Crippen LogP contribution < -0.4 is 0 Å².